The number of rotatable bonds is 2. The van der Waals surface area contributed by atoms with E-state index in [0.29, 0.717) is 0 Å². The SMILES string of the molecule is CC(C)(C)OC(=O)N1CC(OC2C(C(F)(F)F)=Cc3ccccc32)C(F)(F)C1. The molecular weight excluding hydrogens is 385 g/mol. The maximum atomic E-state index is 14.4. The summed E-state index contributed by atoms with van der Waals surface area (Å²) < 4.78 is 79.4. The fourth-order valence-corrected chi connectivity index (χ4v) is 3.20. The number of fused-ring (bicyclic) bond motifs is 1. The monoisotopic (exact) mass is 405 g/mol. The van der Waals surface area contributed by atoms with Gasteiger partial charge in [0.25, 0.3) is 5.92 Å². The van der Waals surface area contributed by atoms with Gasteiger partial charge in [0.2, 0.25) is 0 Å². The molecule has 0 radical (unpaired) electrons. The standard InChI is InChI=1S/C19H20F5NO3/c1-17(2,3)28-16(26)25-9-14(18(20,21)10-25)27-15-12-7-5-4-6-11(12)8-13(15)19(22,23)24/h4-8,14-15H,9-10H2,1-3H3. The fourth-order valence-electron chi connectivity index (χ4n) is 3.20. The third kappa shape index (κ3) is 4.14. The number of hydrogen-bond acceptors (Lipinski definition) is 3. The van der Waals surface area contributed by atoms with Crippen LogP contribution in [-0.2, 0) is 9.47 Å². The first-order valence-corrected chi connectivity index (χ1v) is 8.67. The van der Waals surface area contributed by atoms with Crippen LogP contribution in [0.2, 0.25) is 0 Å². The molecule has 0 bridgehead atoms. The van der Waals surface area contributed by atoms with Crippen LogP contribution < -0.4 is 0 Å². The van der Waals surface area contributed by atoms with Crippen molar-refractivity contribution in [3.8, 4) is 0 Å². The van der Waals surface area contributed by atoms with Gasteiger partial charge in [-0.05, 0) is 38.0 Å². The van der Waals surface area contributed by atoms with Crippen LogP contribution in [0, 0.1) is 0 Å². The highest BCUT2D eigenvalue weighted by atomic mass is 19.4. The van der Waals surface area contributed by atoms with Crippen molar-refractivity contribution in [2.45, 2.75) is 50.7 Å². The van der Waals surface area contributed by atoms with E-state index in [1.165, 1.54) is 18.2 Å². The van der Waals surface area contributed by atoms with Crippen LogP contribution in [0.1, 0.15) is 38.0 Å². The Balaban J connectivity index is 1.82. The maximum Gasteiger partial charge on any atom is 0.415 e. The van der Waals surface area contributed by atoms with E-state index in [4.69, 9.17) is 9.47 Å². The average Bonchev–Trinajstić information content (AvgIpc) is 3.04. The van der Waals surface area contributed by atoms with E-state index < -0.39 is 54.7 Å². The van der Waals surface area contributed by atoms with Crippen LogP contribution in [0.15, 0.2) is 29.8 Å². The minimum Gasteiger partial charge on any atom is -0.444 e. The number of carbonyl (C=O) groups is 1. The molecule has 1 saturated heterocycles. The Morgan fingerprint density at radius 3 is 2.43 bits per heavy atom. The minimum absolute atomic E-state index is 0.168. The highest BCUT2D eigenvalue weighted by molar-refractivity contribution is 5.69. The molecule has 2 unspecified atom stereocenters. The molecule has 1 aromatic rings. The second-order valence-electron chi connectivity index (χ2n) is 7.85. The molecule has 1 heterocycles. The van der Waals surface area contributed by atoms with E-state index >= 15 is 0 Å². The number of halogens is 5. The molecule has 1 aromatic carbocycles. The molecule has 2 atom stereocenters. The summed E-state index contributed by atoms with van der Waals surface area (Å²) in [6.07, 6.45) is -8.36. The highest BCUT2D eigenvalue weighted by Crippen LogP contribution is 2.47. The number of carbonyl (C=O) groups excluding carboxylic acids is 1. The molecule has 0 aromatic heterocycles. The first-order valence-electron chi connectivity index (χ1n) is 8.67. The van der Waals surface area contributed by atoms with Gasteiger partial charge in [-0.2, -0.15) is 13.2 Å². The van der Waals surface area contributed by atoms with Crippen LogP contribution in [0.4, 0.5) is 26.7 Å². The molecule has 1 aliphatic heterocycles. The lowest BCUT2D eigenvalue weighted by Crippen LogP contribution is -2.36. The Morgan fingerprint density at radius 1 is 1.18 bits per heavy atom. The van der Waals surface area contributed by atoms with Crippen molar-refractivity contribution in [1.82, 2.24) is 4.90 Å². The molecular formula is C19H20F5NO3. The van der Waals surface area contributed by atoms with Gasteiger partial charge in [-0.3, -0.25) is 4.90 Å². The van der Waals surface area contributed by atoms with Gasteiger partial charge < -0.3 is 9.47 Å². The lowest BCUT2D eigenvalue weighted by Gasteiger charge is -2.26. The van der Waals surface area contributed by atoms with Gasteiger partial charge in [0.1, 0.15) is 17.8 Å². The van der Waals surface area contributed by atoms with Gasteiger partial charge in [-0.1, -0.05) is 24.3 Å². The molecule has 3 rings (SSSR count). The third-order valence-electron chi connectivity index (χ3n) is 4.41. The van der Waals surface area contributed by atoms with Gasteiger partial charge in [0.05, 0.1) is 18.7 Å². The van der Waals surface area contributed by atoms with Crippen LogP contribution in [0.3, 0.4) is 0 Å². The molecule has 1 fully saturated rings. The van der Waals surface area contributed by atoms with Crippen molar-refractivity contribution in [3.63, 3.8) is 0 Å². The Morgan fingerprint density at radius 2 is 1.82 bits per heavy atom. The molecule has 0 spiro atoms. The fraction of sp³-hybridized carbons (Fsp3) is 0.526. The first-order chi connectivity index (χ1) is 12.8. The second-order valence-corrected chi connectivity index (χ2v) is 7.85. The summed E-state index contributed by atoms with van der Waals surface area (Å²) in [5.41, 5.74) is -1.49. The second kappa shape index (κ2) is 6.72. The number of alkyl halides is 5. The Kier molecular flexibility index (Phi) is 4.94. The van der Waals surface area contributed by atoms with E-state index in [2.05, 4.69) is 0 Å². The summed E-state index contributed by atoms with van der Waals surface area (Å²) in [4.78, 5) is 12.8. The number of likely N-dealkylation sites (tertiary alicyclic amines) is 1. The normalized spacial score (nSPS) is 24.1. The molecule has 9 heteroatoms. The number of nitrogens with zero attached hydrogens (tertiary/aromatic N) is 1. The van der Waals surface area contributed by atoms with Crippen molar-refractivity contribution in [2.24, 2.45) is 0 Å². The summed E-state index contributed by atoms with van der Waals surface area (Å²) in [6.45, 7) is 3.21. The van der Waals surface area contributed by atoms with Gasteiger partial charge in [-0.15, -0.1) is 0 Å². The quantitative estimate of drug-likeness (QED) is 0.653. The van der Waals surface area contributed by atoms with E-state index in [9.17, 15) is 26.7 Å². The summed E-state index contributed by atoms with van der Waals surface area (Å²) >= 11 is 0. The Hall–Kier alpha value is -2.16. The van der Waals surface area contributed by atoms with Crippen LogP contribution in [0.5, 0.6) is 0 Å². The van der Waals surface area contributed by atoms with Crippen molar-refractivity contribution in [2.75, 3.05) is 13.1 Å². The molecule has 28 heavy (non-hydrogen) atoms. The third-order valence-corrected chi connectivity index (χ3v) is 4.41. The van der Waals surface area contributed by atoms with E-state index in [-0.39, 0.29) is 11.1 Å². The number of benzene rings is 1. The van der Waals surface area contributed by atoms with Crippen molar-refractivity contribution in [1.29, 1.82) is 0 Å². The average molecular weight is 405 g/mol. The summed E-state index contributed by atoms with van der Waals surface area (Å²) in [5.74, 6) is -3.51. The first kappa shape index (κ1) is 20.6. The van der Waals surface area contributed by atoms with Crippen LogP contribution in [0.25, 0.3) is 6.08 Å². The van der Waals surface area contributed by atoms with Gasteiger partial charge in [0, 0.05) is 0 Å². The lowest BCUT2D eigenvalue weighted by atomic mass is 10.1. The Bertz CT molecular complexity index is 797. The predicted molar refractivity (Wildman–Crippen MR) is 90.8 cm³/mol. The van der Waals surface area contributed by atoms with E-state index in [1.54, 1.807) is 26.8 Å². The topological polar surface area (TPSA) is 38.8 Å². The van der Waals surface area contributed by atoms with E-state index in [1.807, 2.05) is 0 Å². The number of hydrogen-bond donors (Lipinski definition) is 0. The maximum absolute atomic E-state index is 14.4. The molecule has 154 valence electrons. The largest absolute Gasteiger partial charge is 0.444 e. The molecule has 0 N–H and O–H groups in total. The molecule has 2 aliphatic rings. The van der Waals surface area contributed by atoms with Crippen LogP contribution >= 0.6 is 0 Å². The number of amides is 1. The molecule has 1 amide bonds. The summed E-state index contributed by atoms with van der Waals surface area (Å²) in [5, 5.41) is 0. The van der Waals surface area contributed by atoms with Crippen molar-refractivity contribution in [3.05, 3.63) is 41.0 Å². The van der Waals surface area contributed by atoms with Gasteiger partial charge in [-0.25, -0.2) is 13.6 Å². The van der Waals surface area contributed by atoms with E-state index in [0.717, 1.165) is 11.0 Å². The zero-order chi connectivity index (χ0) is 20.9. The van der Waals surface area contributed by atoms with Gasteiger partial charge >= 0.3 is 12.3 Å². The summed E-state index contributed by atoms with van der Waals surface area (Å²) in [7, 11) is 0. The smallest absolute Gasteiger partial charge is 0.415 e. The molecule has 0 saturated carbocycles. The molecule has 1 aliphatic carbocycles. The van der Waals surface area contributed by atoms with Crippen molar-refractivity contribution >= 4 is 12.2 Å². The Labute approximate surface area is 158 Å². The van der Waals surface area contributed by atoms with Crippen molar-refractivity contribution < 1.29 is 36.2 Å². The van der Waals surface area contributed by atoms with Gasteiger partial charge in [0.15, 0.2) is 0 Å². The minimum atomic E-state index is -4.73. The molecule has 4 nitrogen and oxygen atoms in total. The summed E-state index contributed by atoms with van der Waals surface area (Å²) in [6, 6.07) is 5.94. The lowest BCUT2D eigenvalue weighted by molar-refractivity contribution is -0.149. The zero-order valence-electron chi connectivity index (χ0n) is 15.5. The predicted octanol–water partition coefficient (Wildman–Crippen LogP) is 4.96. The highest BCUT2D eigenvalue weighted by Gasteiger charge is 2.54. The van der Waals surface area contributed by atoms with Crippen LogP contribution in [-0.4, -0.2) is 47.9 Å². The number of ether oxygens (including phenoxy) is 2. The zero-order valence-corrected chi connectivity index (χ0v) is 15.5.